The third-order valence-corrected chi connectivity index (χ3v) is 5.93. The monoisotopic (exact) mass is 419 g/mol. The van der Waals surface area contributed by atoms with Crippen molar-refractivity contribution in [1.82, 2.24) is 10.2 Å². The van der Waals surface area contributed by atoms with Crippen molar-refractivity contribution in [1.29, 1.82) is 0 Å². The molecule has 31 heavy (non-hydrogen) atoms. The lowest BCUT2D eigenvalue weighted by atomic mass is 10.0. The lowest BCUT2D eigenvalue weighted by Gasteiger charge is -2.29. The second-order valence-corrected chi connectivity index (χ2v) is 7.95. The number of fused-ring (bicyclic) bond motifs is 1. The Morgan fingerprint density at radius 1 is 1.10 bits per heavy atom. The van der Waals surface area contributed by atoms with Gasteiger partial charge in [0.2, 0.25) is 17.7 Å². The molecule has 1 saturated heterocycles. The number of imide groups is 1. The van der Waals surface area contributed by atoms with Crippen molar-refractivity contribution in [2.75, 3.05) is 5.32 Å². The normalized spacial score (nSPS) is 18.0. The van der Waals surface area contributed by atoms with Crippen LogP contribution >= 0.6 is 0 Å². The average molecular weight is 419 g/mol. The van der Waals surface area contributed by atoms with Gasteiger partial charge in [-0.25, -0.2) is 0 Å². The number of nitrogens with zero attached hydrogens (tertiary/aromatic N) is 1. The second kappa shape index (κ2) is 8.71. The maximum Gasteiger partial charge on any atom is 0.255 e. The fourth-order valence-electron chi connectivity index (χ4n) is 4.11. The number of aryl methyl sites for hydroxylation is 2. The van der Waals surface area contributed by atoms with Crippen molar-refractivity contribution in [2.24, 2.45) is 0 Å². The Morgan fingerprint density at radius 3 is 2.55 bits per heavy atom. The van der Waals surface area contributed by atoms with Gasteiger partial charge in [-0.1, -0.05) is 37.3 Å². The first-order valence-corrected chi connectivity index (χ1v) is 10.6. The Morgan fingerprint density at radius 2 is 1.84 bits per heavy atom. The van der Waals surface area contributed by atoms with Crippen molar-refractivity contribution < 1.29 is 19.2 Å². The maximum absolute atomic E-state index is 12.9. The molecule has 160 valence electrons. The van der Waals surface area contributed by atoms with E-state index in [0.717, 1.165) is 12.0 Å². The first-order valence-electron chi connectivity index (χ1n) is 10.6. The van der Waals surface area contributed by atoms with Crippen molar-refractivity contribution in [3.8, 4) is 0 Å². The summed E-state index contributed by atoms with van der Waals surface area (Å²) in [5, 5.41) is 5.22. The fraction of sp³-hybridized carbons (Fsp3) is 0.333. The van der Waals surface area contributed by atoms with Gasteiger partial charge in [0.05, 0.1) is 0 Å². The summed E-state index contributed by atoms with van der Waals surface area (Å²) >= 11 is 0. The molecule has 4 rings (SSSR count). The highest BCUT2D eigenvalue weighted by Crippen LogP contribution is 2.32. The van der Waals surface area contributed by atoms with Crippen LogP contribution in [0.3, 0.4) is 0 Å². The van der Waals surface area contributed by atoms with Gasteiger partial charge >= 0.3 is 0 Å². The molecule has 2 aromatic carbocycles. The van der Waals surface area contributed by atoms with Crippen LogP contribution in [0.5, 0.6) is 0 Å². The van der Waals surface area contributed by atoms with E-state index in [4.69, 9.17) is 0 Å². The lowest BCUT2D eigenvalue weighted by Crippen LogP contribution is -2.52. The van der Waals surface area contributed by atoms with Gasteiger partial charge in [-0.05, 0) is 42.5 Å². The summed E-state index contributed by atoms with van der Waals surface area (Å²) < 4.78 is 0. The van der Waals surface area contributed by atoms with Crippen LogP contribution < -0.4 is 10.6 Å². The predicted molar refractivity (Wildman–Crippen MR) is 115 cm³/mol. The van der Waals surface area contributed by atoms with Gasteiger partial charge in [-0.2, -0.15) is 0 Å². The zero-order valence-corrected chi connectivity index (χ0v) is 17.4. The molecule has 0 aliphatic carbocycles. The van der Waals surface area contributed by atoms with Crippen LogP contribution in [0.2, 0.25) is 0 Å². The van der Waals surface area contributed by atoms with Gasteiger partial charge in [-0.15, -0.1) is 0 Å². The summed E-state index contributed by atoms with van der Waals surface area (Å²) in [5.41, 5.74) is 4.14. The van der Waals surface area contributed by atoms with Crippen LogP contribution in [0.1, 0.15) is 53.2 Å². The quantitative estimate of drug-likeness (QED) is 0.704. The molecule has 7 heteroatoms. The van der Waals surface area contributed by atoms with Crippen LogP contribution in [0.25, 0.3) is 0 Å². The highest BCUT2D eigenvalue weighted by atomic mass is 16.2. The number of anilines is 1. The Bertz CT molecular complexity index is 1050. The summed E-state index contributed by atoms with van der Waals surface area (Å²) in [6.45, 7) is 2.34. The topological polar surface area (TPSA) is 95.6 Å². The third-order valence-electron chi connectivity index (χ3n) is 5.93. The van der Waals surface area contributed by atoms with Crippen LogP contribution in [-0.2, 0) is 33.8 Å². The molecule has 2 aliphatic rings. The van der Waals surface area contributed by atoms with Crippen molar-refractivity contribution in [3.05, 3.63) is 64.7 Å². The zero-order chi connectivity index (χ0) is 22.0. The summed E-state index contributed by atoms with van der Waals surface area (Å²) in [7, 11) is 0. The molecule has 0 spiro atoms. The fourth-order valence-corrected chi connectivity index (χ4v) is 4.11. The van der Waals surface area contributed by atoms with Gasteiger partial charge in [0.1, 0.15) is 6.04 Å². The molecule has 2 aliphatic heterocycles. The number of piperidine rings is 1. The van der Waals surface area contributed by atoms with Gasteiger partial charge < -0.3 is 10.2 Å². The van der Waals surface area contributed by atoms with Crippen molar-refractivity contribution >= 4 is 29.3 Å². The Labute approximate surface area is 180 Å². The summed E-state index contributed by atoms with van der Waals surface area (Å²) in [5.74, 6) is -1.14. The molecule has 2 aromatic rings. The molecule has 1 fully saturated rings. The van der Waals surface area contributed by atoms with E-state index in [1.165, 1.54) is 10.5 Å². The highest BCUT2D eigenvalue weighted by molar-refractivity contribution is 6.06. The standard InChI is InChI=1S/C24H25N3O4/c1-2-15-6-8-16(9-7-15)10-12-21(28)25-19-5-3-4-17-18(19)14-27(24(17)31)20-11-13-22(29)26-23(20)30/h3-9,20H,2,10-14H2,1H3,(H,25,28)(H,26,29,30). The SMILES string of the molecule is CCc1ccc(CCC(=O)Nc2cccc3c2CN(C2CCC(=O)NC2=O)C3=O)cc1. The minimum Gasteiger partial charge on any atom is -0.326 e. The molecule has 0 radical (unpaired) electrons. The van der Waals surface area contributed by atoms with Gasteiger partial charge in [-0.3, -0.25) is 24.5 Å². The molecule has 1 unspecified atom stereocenters. The van der Waals surface area contributed by atoms with Crippen LogP contribution in [0, 0.1) is 0 Å². The largest absolute Gasteiger partial charge is 0.326 e. The number of carbonyl (C=O) groups is 4. The van der Waals surface area contributed by atoms with E-state index in [9.17, 15) is 19.2 Å². The first-order chi connectivity index (χ1) is 15.0. The number of amides is 4. The number of nitrogens with one attached hydrogen (secondary N) is 2. The number of rotatable bonds is 6. The molecule has 7 nitrogen and oxygen atoms in total. The van der Waals surface area contributed by atoms with E-state index in [0.29, 0.717) is 36.1 Å². The van der Waals surface area contributed by atoms with E-state index >= 15 is 0 Å². The van der Waals surface area contributed by atoms with E-state index in [-0.39, 0.29) is 30.7 Å². The first kappa shape index (κ1) is 20.8. The highest BCUT2D eigenvalue weighted by Gasteiger charge is 2.39. The second-order valence-electron chi connectivity index (χ2n) is 7.95. The van der Waals surface area contributed by atoms with E-state index in [1.54, 1.807) is 18.2 Å². The summed E-state index contributed by atoms with van der Waals surface area (Å²) in [6, 6.07) is 12.8. The predicted octanol–water partition coefficient (Wildman–Crippen LogP) is 2.58. The van der Waals surface area contributed by atoms with Crippen molar-refractivity contribution in [3.63, 3.8) is 0 Å². The molecule has 2 heterocycles. The van der Waals surface area contributed by atoms with E-state index < -0.39 is 11.9 Å². The minimum atomic E-state index is -0.674. The third kappa shape index (κ3) is 4.35. The van der Waals surface area contributed by atoms with Crippen LogP contribution in [0.4, 0.5) is 5.69 Å². The van der Waals surface area contributed by atoms with Crippen molar-refractivity contribution in [2.45, 2.75) is 51.6 Å². The van der Waals surface area contributed by atoms with Gasteiger partial charge in [0.15, 0.2) is 0 Å². The van der Waals surface area contributed by atoms with E-state index in [2.05, 4.69) is 29.7 Å². The summed E-state index contributed by atoms with van der Waals surface area (Å²) in [6.07, 6.45) is 2.46. The Hall–Kier alpha value is -3.48. The molecule has 0 saturated carbocycles. The number of benzene rings is 2. The minimum absolute atomic E-state index is 0.125. The molecule has 1 atom stereocenters. The number of carbonyl (C=O) groups excluding carboxylic acids is 4. The number of hydrogen-bond donors (Lipinski definition) is 2. The molecule has 0 bridgehead atoms. The number of hydrogen-bond acceptors (Lipinski definition) is 4. The molecular formula is C24H25N3O4. The van der Waals surface area contributed by atoms with Crippen LogP contribution in [-0.4, -0.2) is 34.6 Å². The van der Waals surface area contributed by atoms with E-state index in [1.807, 2.05) is 12.1 Å². The molecule has 0 aromatic heterocycles. The maximum atomic E-state index is 12.9. The van der Waals surface area contributed by atoms with Gasteiger partial charge in [0.25, 0.3) is 5.91 Å². The van der Waals surface area contributed by atoms with Crippen LogP contribution in [0.15, 0.2) is 42.5 Å². The lowest BCUT2D eigenvalue weighted by molar-refractivity contribution is -0.137. The molecule has 4 amide bonds. The summed E-state index contributed by atoms with van der Waals surface area (Å²) in [4.78, 5) is 50.5. The molecule has 2 N–H and O–H groups in total. The van der Waals surface area contributed by atoms with Gasteiger partial charge in [0, 0.05) is 36.2 Å². The zero-order valence-electron chi connectivity index (χ0n) is 17.4. The Balaban J connectivity index is 1.42. The Kier molecular flexibility index (Phi) is 5.84. The average Bonchev–Trinajstić information content (AvgIpc) is 3.10. The smallest absolute Gasteiger partial charge is 0.255 e. The molecular weight excluding hydrogens is 394 g/mol.